The standard InChI is InChI=1S/C27H30N2O2Se/c1-3-16-29-17-14-27-21-12-8-9-13-23(21)28-24(30)22(27)19-26(4-2,25(27)29)15-18-32(31)20-10-6-5-7-11-20/h3-13,22,25H,1-2,14-19H2,(H,28,30)/t22-,25+,26-,27+,32?/m1/s1. The predicted octanol–water partition coefficient (Wildman–Crippen LogP) is 4.05. The zero-order valence-corrected chi connectivity index (χ0v) is 20.0. The Bertz CT molecular complexity index is 1080. The van der Waals surface area contributed by atoms with Crippen LogP contribution in [-0.2, 0) is 14.0 Å². The number of para-hydroxylation sites is 1. The number of benzene rings is 2. The molecule has 1 aliphatic carbocycles. The summed E-state index contributed by atoms with van der Waals surface area (Å²) in [4.78, 5) is 15.9. The first-order chi connectivity index (χ1) is 15.6. The molecule has 1 unspecified atom stereocenters. The van der Waals surface area contributed by atoms with Crippen molar-refractivity contribution in [3.8, 4) is 0 Å². The molecular formula is C27H30N2O2Se. The number of amides is 1. The van der Waals surface area contributed by atoms with Gasteiger partial charge in [-0.3, -0.25) is 0 Å². The summed E-state index contributed by atoms with van der Waals surface area (Å²) >= 11 is -2.16. The van der Waals surface area contributed by atoms with Crippen molar-refractivity contribution in [2.75, 3.05) is 18.4 Å². The fourth-order valence-corrected chi connectivity index (χ4v) is 9.37. The van der Waals surface area contributed by atoms with Crippen molar-refractivity contribution in [3.63, 3.8) is 0 Å². The van der Waals surface area contributed by atoms with Gasteiger partial charge in [-0.05, 0) is 0 Å². The first-order valence-corrected chi connectivity index (χ1v) is 14.1. The molecule has 1 amide bonds. The molecule has 5 heteroatoms. The number of hydrogen-bond acceptors (Lipinski definition) is 3. The van der Waals surface area contributed by atoms with Crippen molar-refractivity contribution in [1.29, 1.82) is 0 Å². The molecule has 32 heavy (non-hydrogen) atoms. The number of nitrogens with zero attached hydrogens (tertiary/aromatic N) is 1. The van der Waals surface area contributed by atoms with E-state index in [0.717, 1.165) is 42.5 Å². The molecule has 0 radical (unpaired) electrons. The van der Waals surface area contributed by atoms with Gasteiger partial charge in [-0.15, -0.1) is 0 Å². The minimum atomic E-state index is -2.16. The van der Waals surface area contributed by atoms with E-state index in [1.165, 1.54) is 5.56 Å². The Morgan fingerprint density at radius 3 is 2.62 bits per heavy atom. The van der Waals surface area contributed by atoms with Crippen molar-refractivity contribution in [3.05, 3.63) is 85.5 Å². The van der Waals surface area contributed by atoms with Crippen LogP contribution in [0.1, 0.15) is 24.8 Å². The second kappa shape index (κ2) is 8.22. The minimum absolute atomic E-state index is 0.1000. The number of nitrogens with one attached hydrogen (secondary N) is 1. The third kappa shape index (κ3) is 3.10. The molecule has 4 nitrogen and oxygen atoms in total. The monoisotopic (exact) mass is 494 g/mol. The van der Waals surface area contributed by atoms with Crippen LogP contribution in [-0.4, -0.2) is 43.8 Å². The summed E-state index contributed by atoms with van der Waals surface area (Å²) in [7, 11) is 0. The van der Waals surface area contributed by atoms with E-state index in [0.29, 0.717) is 5.32 Å². The second-order valence-corrected chi connectivity index (χ2v) is 12.6. The summed E-state index contributed by atoms with van der Waals surface area (Å²) in [5.41, 5.74) is 1.70. The fourth-order valence-electron chi connectivity index (χ4n) is 6.72. The first-order valence-electron chi connectivity index (χ1n) is 11.4. The van der Waals surface area contributed by atoms with Gasteiger partial charge in [0.25, 0.3) is 0 Å². The molecule has 1 saturated carbocycles. The number of carbonyl (C=O) groups excluding carboxylic acids is 1. The SMILES string of the molecule is C=CCN1CC[C@]23c4ccccc4NC(=O)[C@H]2C[C@@](C=C)(CC[Se](=O)c2ccccc2)[C@H]13. The summed E-state index contributed by atoms with van der Waals surface area (Å²) in [5.74, 6) is 0.0210. The molecule has 1 spiro atoms. The molecule has 0 aromatic heterocycles. The third-order valence-corrected chi connectivity index (χ3v) is 10.8. The van der Waals surface area contributed by atoms with Crippen LogP contribution in [0.2, 0.25) is 5.32 Å². The Hall–Kier alpha value is -2.33. The number of carbonyl (C=O) groups is 1. The van der Waals surface area contributed by atoms with E-state index in [1.807, 2.05) is 48.5 Å². The second-order valence-electron chi connectivity index (χ2n) is 9.32. The van der Waals surface area contributed by atoms with Crippen LogP contribution < -0.4 is 9.78 Å². The zero-order valence-electron chi connectivity index (χ0n) is 18.3. The molecule has 1 N–H and O–H groups in total. The summed E-state index contributed by atoms with van der Waals surface area (Å²) in [5, 5.41) is 3.83. The summed E-state index contributed by atoms with van der Waals surface area (Å²) in [6, 6.07) is 18.2. The Balaban J connectivity index is 1.57. The predicted molar refractivity (Wildman–Crippen MR) is 130 cm³/mol. The van der Waals surface area contributed by atoms with Gasteiger partial charge in [0, 0.05) is 0 Å². The van der Waals surface area contributed by atoms with E-state index in [-0.39, 0.29) is 28.7 Å². The van der Waals surface area contributed by atoms with E-state index in [9.17, 15) is 8.63 Å². The summed E-state index contributed by atoms with van der Waals surface area (Å²) in [6.45, 7) is 10.00. The Morgan fingerprint density at radius 1 is 1.12 bits per heavy atom. The van der Waals surface area contributed by atoms with Crippen LogP contribution in [0.4, 0.5) is 5.69 Å². The van der Waals surface area contributed by atoms with Crippen molar-refractivity contribution < 1.29 is 8.63 Å². The molecule has 0 bridgehead atoms. The van der Waals surface area contributed by atoms with E-state index in [2.05, 4.69) is 41.6 Å². The van der Waals surface area contributed by atoms with Crippen molar-refractivity contribution in [2.45, 2.75) is 36.0 Å². The number of anilines is 1. The van der Waals surface area contributed by atoms with Gasteiger partial charge in [0.2, 0.25) is 0 Å². The topological polar surface area (TPSA) is 49.4 Å². The van der Waals surface area contributed by atoms with Crippen LogP contribution in [0.5, 0.6) is 0 Å². The molecule has 166 valence electrons. The number of likely N-dealkylation sites (tertiary alicyclic amines) is 1. The van der Waals surface area contributed by atoms with E-state index < -0.39 is 13.8 Å². The third-order valence-electron chi connectivity index (χ3n) is 7.95. The average Bonchev–Trinajstić information content (AvgIpc) is 3.34. The fraction of sp³-hybridized carbons (Fsp3) is 0.370. The van der Waals surface area contributed by atoms with Gasteiger partial charge in [0.15, 0.2) is 0 Å². The molecule has 5 atom stereocenters. The summed E-state index contributed by atoms with van der Waals surface area (Å²) < 4.78 is 14.2. The van der Waals surface area contributed by atoms with Crippen LogP contribution >= 0.6 is 0 Å². The summed E-state index contributed by atoms with van der Waals surface area (Å²) in [6.07, 6.45) is 6.53. The molecule has 2 fully saturated rings. The van der Waals surface area contributed by atoms with Crippen LogP contribution in [0.25, 0.3) is 0 Å². The van der Waals surface area contributed by atoms with E-state index in [1.54, 1.807) is 0 Å². The molecule has 5 rings (SSSR count). The van der Waals surface area contributed by atoms with Crippen LogP contribution in [0.3, 0.4) is 0 Å². The molecule has 3 aliphatic rings. The van der Waals surface area contributed by atoms with Gasteiger partial charge in [-0.1, -0.05) is 0 Å². The van der Waals surface area contributed by atoms with Crippen LogP contribution in [0.15, 0.2) is 79.9 Å². The average molecular weight is 494 g/mol. The van der Waals surface area contributed by atoms with Gasteiger partial charge in [-0.25, -0.2) is 0 Å². The molecule has 2 aliphatic heterocycles. The Kier molecular flexibility index (Phi) is 5.53. The maximum absolute atomic E-state index is 13.4. The van der Waals surface area contributed by atoms with Gasteiger partial charge in [-0.2, -0.15) is 0 Å². The van der Waals surface area contributed by atoms with E-state index >= 15 is 0 Å². The maximum atomic E-state index is 13.4. The normalized spacial score (nSPS) is 31.8. The van der Waals surface area contributed by atoms with Gasteiger partial charge in [0.05, 0.1) is 0 Å². The van der Waals surface area contributed by atoms with Gasteiger partial charge >= 0.3 is 195 Å². The number of fused-ring (bicyclic) bond motifs is 1. The number of rotatable bonds is 7. The number of hydrogen-bond donors (Lipinski definition) is 1. The Morgan fingerprint density at radius 2 is 1.88 bits per heavy atom. The Labute approximate surface area is 194 Å². The first kappa shape index (κ1) is 21.5. The quantitative estimate of drug-likeness (QED) is 0.468. The molecule has 2 aromatic carbocycles. The van der Waals surface area contributed by atoms with Gasteiger partial charge < -0.3 is 0 Å². The van der Waals surface area contributed by atoms with Crippen molar-refractivity contribution in [1.82, 2.24) is 4.90 Å². The zero-order chi connectivity index (χ0) is 22.3. The van der Waals surface area contributed by atoms with E-state index in [4.69, 9.17) is 0 Å². The molecule has 2 aromatic rings. The molecule has 1 saturated heterocycles. The molecular weight excluding hydrogens is 463 g/mol. The van der Waals surface area contributed by atoms with Crippen LogP contribution in [0, 0.1) is 11.3 Å². The van der Waals surface area contributed by atoms with Crippen molar-refractivity contribution in [2.24, 2.45) is 11.3 Å². The van der Waals surface area contributed by atoms with Crippen molar-refractivity contribution >= 4 is 29.9 Å². The van der Waals surface area contributed by atoms with Gasteiger partial charge in [0.1, 0.15) is 0 Å². The molecule has 2 heterocycles.